The average Bonchev–Trinajstić information content (AvgIpc) is 2.88. The van der Waals surface area contributed by atoms with Gasteiger partial charge in [0.1, 0.15) is 6.04 Å². The molecule has 1 aromatic rings. The zero-order valence-electron chi connectivity index (χ0n) is 11.8. The Kier molecular flexibility index (Phi) is 6.24. The summed E-state index contributed by atoms with van der Waals surface area (Å²) >= 11 is 1.46. The first-order chi connectivity index (χ1) is 9.03. The topological polar surface area (TPSA) is 79.5 Å². The Hall–Kier alpha value is -1.14. The van der Waals surface area contributed by atoms with E-state index in [1.54, 1.807) is 5.38 Å². The second kappa shape index (κ2) is 7.45. The van der Waals surface area contributed by atoms with Gasteiger partial charge in [0.2, 0.25) is 0 Å². The second-order valence-electron chi connectivity index (χ2n) is 4.59. The van der Waals surface area contributed by atoms with Gasteiger partial charge in [0, 0.05) is 18.5 Å². The average molecular weight is 285 g/mol. The van der Waals surface area contributed by atoms with Crippen molar-refractivity contribution in [2.45, 2.75) is 39.7 Å². The summed E-state index contributed by atoms with van der Waals surface area (Å²) in [6, 6.07) is -1.03. The summed E-state index contributed by atoms with van der Waals surface area (Å²) in [5.41, 5.74) is 6.01. The largest absolute Gasteiger partial charge is 0.480 e. The summed E-state index contributed by atoms with van der Waals surface area (Å²) in [5.74, 6) is -0.402. The van der Waals surface area contributed by atoms with Crippen LogP contribution >= 0.6 is 11.3 Å². The Morgan fingerprint density at radius 2 is 2.11 bits per heavy atom. The highest BCUT2D eigenvalue weighted by atomic mass is 32.1. The van der Waals surface area contributed by atoms with Crippen molar-refractivity contribution in [1.82, 2.24) is 4.98 Å². The minimum atomic E-state index is -1.04. The van der Waals surface area contributed by atoms with Gasteiger partial charge >= 0.3 is 5.97 Å². The minimum absolute atomic E-state index is 0.440. The van der Waals surface area contributed by atoms with Gasteiger partial charge in [-0.15, -0.1) is 11.3 Å². The molecule has 19 heavy (non-hydrogen) atoms. The predicted octanol–water partition coefficient (Wildman–Crippen LogP) is 2.49. The van der Waals surface area contributed by atoms with Crippen LogP contribution in [-0.4, -0.2) is 29.1 Å². The second-order valence-corrected chi connectivity index (χ2v) is 5.43. The first-order valence-electron chi connectivity index (χ1n) is 6.72. The van der Waals surface area contributed by atoms with Gasteiger partial charge in [-0.25, -0.2) is 4.98 Å². The van der Waals surface area contributed by atoms with Crippen LogP contribution < -0.4 is 10.6 Å². The van der Waals surface area contributed by atoms with Gasteiger partial charge in [-0.2, -0.15) is 0 Å². The molecular formula is C13H23N3O2S. The Morgan fingerprint density at radius 3 is 2.58 bits per heavy atom. The maximum Gasteiger partial charge on any atom is 0.326 e. The monoisotopic (exact) mass is 285 g/mol. The molecule has 0 aromatic carbocycles. The van der Waals surface area contributed by atoms with Crippen molar-refractivity contribution < 1.29 is 9.90 Å². The van der Waals surface area contributed by atoms with Gasteiger partial charge in [-0.1, -0.05) is 26.7 Å². The lowest BCUT2D eigenvalue weighted by atomic mass is 10.0. The van der Waals surface area contributed by atoms with Gasteiger partial charge in [-0.3, -0.25) is 4.79 Å². The summed E-state index contributed by atoms with van der Waals surface area (Å²) in [7, 11) is 0. The van der Waals surface area contributed by atoms with Gasteiger partial charge in [0.05, 0.1) is 5.69 Å². The molecule has 1 aromatic heterocycles. The fourth-order valence-electron chi connectivity index (χ4n) is 1.89. The third-order valence-corrected chi connectivity index (χ3v) is 4.30. The fourth-order valence-corrected chi connectivity index (χ4v) is 2.83. The fraction of sp³-hybridized carbons (Fsp3) is 0.692. The van der Waals surface area contributed by atoms with Crippen LogP contribution in [0, 0.1) is 5.92 Å². The quantitative estimate of drug-likeness (QED) is 0.767. The number of carboxylic acid groups (broad SMARTS) is 1. The van der Waals surface area contributed by atoms with Crippen LogP contribution in [-0.2, 0) is 4.79 Å². The summed E-state index contributed by atoms with van der Waals surface area (Å²) in [6.07, 6.45) is 2.28. The number of aliphatic carboxylic acids is 1. The summed E-state index contributed by atoms with van der Waals surface area (Å²) in [5, 5.41) is 11.5. The Balaban J connectivity index is 2.79. The Morgan fingerprint density at radius 1 is 1.47 bits per heavy atom. The zero-order chi connectivity index (χ0) is 14.4. The number of carboxylic acids is 1. The number of nitrogens with two attached hydrogens (primary N) is 1. The van der Waals surface area contributed by atoms with Gasteiger partial charge in [-0.05, 0) is 12.8 Å². The van der Waals surface area contributed by atoms with E-state index in [0.29, 0.717) is 11.6 Å². The predicted molar refractivity (Wildman–Crippen MR) is 78.6 cm³/mol. The number of anilines is 1. The number of nitrogens with zero attached hydrogens (tertiary/aromatic N) is 2. The minimum Gasteiger partial charge on any atom is -0.480 e. The molecule has 0 aliphatic heterocycles. The molecule has 0 aliphatic rings. The van der Waals surface area contributed by atoms with E-state index in [1.165, 1.54) is 11.3 Å². The van der Waals surface area contributed by atoms with E-state index in [4.69, 9.17) is 10.8 Å². The number of carbonyl (C=O) groups is 1. The molecule has 0 spiro atoms. The highest BCUT2D eigenvalue weighted by Gasteiger charge is 2.20. The van der Waals surface area contributed by atoms with E-state index < -0.39 is 12.0 Å². The molecule has 0 saturated heterocycles. The molecule has 1 rings (SSSR count). The van der Waals surface area contributed by atoms with Crippen molar-refractivity contribution in [3.63, 3.8) is 0 Å². The normalized spacial score (nSPS) is 12.7. The summed E-state index contributed by atoms with van der Waals surface area (Å²) in [4.78, 5) is 17.4. The van der Waals surface area contributed by atoms with E-state index in [-0.39, 0.29) is 0 Å². The van der Waals surface area contributed by atoms with Crippen LogP contribution in [0.4, 0.5) is 5.13 Å². The van der Waals surface area contributed by atoms with Crippen LogP contribution in [0.15, 0.2) is 5.38 Å². The molecule has 108 valence electrons. The van der Waals surface area contributed by atoms with Crippen molar-refractivity contribution in [3.05, 3.63) is 11.1 Å². The van der Waals surface area contributed by atoms with Crippen LogP contribution in [0.25, 0.3) is 0 Å². The molecule has 6 heteroatoms. The van der Waals surface area contributed by atoms with E-state index in [1.807, 2.05) is 0 Å². The first-order valence-corrected chi connectivity index (χ1v) is 7.60. The number of aromatic nitrogens is 1. The Labute approximate surface area is 118 Å². The van der Waals surface area contributed by atoms with E-state index >= 15 is 0 Å². The van der Waals surface area contributed by atoms with Crippen LogP contribution in [0.3, 0.4) is 0 Å². The van der Waals surface area contributed by atoms with Crippen molar-refractivity contribution >= 4 is 22.4 Å². The Bertz CT molecular complexity index is 404. The SMILES string of the molecule is CCC(CC)CN(CC)c1nc(C(N)C(=O)O)cs1. The summed E-state index contributed by atoms with van der Waals surface area (Å²) < 4.78 is 0. The van der Waals surface area contributed by atoms with Crippen LogP contribution in [0.5, 0.6) is 0 Å². The first kappa shape index (κ1) is 15.9. The number of thiazole rings is 1. The van der Waals surface area contributed by atoms with Gasteiger partial charge < -0.3 is 15.7 Å². The zero-order valence-corrected chi connectivity index (χ0v) is 12.6. The number of hydrogen-bond donors (Lipinski definition) is 2. The lowest BCUT2D eigenvalue weighted by Gasteiger charge is -2.24. The van der Waals surface area contributed by atoms with Crippen LogP contribution in [0.1, 0.15) is 45.3 Å². The van der Waals surface area contributed by atoms with Crippen molar-refractivity contribution in [2.24, 2.45) is 11.7 Å². The number of rotatable bonds is 8. The van der Waals surface area contributed by atoms with Crippen molar-refractivity contribution in [2.75, 3.05) is 18.0 Å². The number of hydrogen-bond acceptors (Lipinski definition) is 5. The van der Waals surface area contributed by atoms with E-state index in [2.05, 4.69) is 30.7 Å². The van der Waals surface area contributed by atoms with Crippen molar-refractivity contribution in [3.8, 4) is 0 Å². The van der Waals surface area contributed by atoms with Crippen LogP contribution in [0.2, 0.25) is 0 Å². The highest BCUT2D eigenvalue weighted by molar-refractivity contribution is 7.13. The van der Waals surface area contributed by atoms with Crippen molar-refractivity contribution in [1.29, 1.82) is 0 Å². The lowest BCUT2D eigenvalue weighted by Crippen LogP contribution is -2.29. The molecule has 3 N–H and O–H groups in total. The maximum atomic E-state index is 10.8. The molecule has 5 nitrogen and oxygen atoms in total. The highest BCUT2D eigenvalue weighted by Crippen LogP contribution is 2.25. The molecule has 0 radical (unpaired) electrons. The molecular weight excluding hydrogens is 262 g/mol. The molecule has 1 atom stereocenters. The van der Waals surface area contributed by atoms with E-state index in [0.717, 1.165) is 31.1 Å². The van der Waals surface area contributed by atoms with Gasteiger partial charge in [0.15, 0.2) is 5.13 Å². The maximum absolute atomic E-state index is 10.8. The third kappa shape index (κ3) is 4.18. The smallest absolute Gasteiger partial charge is 0.326 e. The molecule has 0 fully saturated rings. The molecule has 1 heterocycles. The summed E-state index contributed by atoms with van der Waals surface area (Å²) in [6.45, 7) is 8.29. The molecule has 0 bridgehead atoms. The standard InChI is InChI=1S/C13H23N3O2S/c1-4-9(5-2)7-16(6-3)13-15-10(8-19-13)11(14)12(17)18/h8-9,11H,4-7,14H2,1-3H3,(H,17,18). The third-order valence-electron chi connectivity index (χ3n) is 3.38. The molecule has 0 amide bonds. The molecule has 0 saturated carbocycles. The van der Waals surface area contributed by atoms with E-state index in [9.17, 15) is 4.79 Å². The molecule has 1 unspecified atom stereocenters. The molecule has 0 aliphatic carbocycles. The van der Waals surface area contributed by atoms with Gasteiger partial charge in [0.25, 0.3) is 0 Å². The lowest BCUT2D eigenvalue weighted by molar-refractivity contribution is -0.138.